The van der Waals surface area contributed by atoms with E-state index in [1.807, 2.05) is 0 Å². The molecule has 0 aliphatic rings. The predicted molar refractivity (Wildman–Crippen MR) is 58.9 cm³/mol. The summed E-state index contributed by atoms with van der Waals surface area (Å²) in [4.78, 5) is 0. The van der Waals surface area contributed by atoms with Gasteiger partial charge in [0, 0.05) is 4.47 Å². The minimum Gasteiger partial charge on any atom is -0.388 e. The summed E-state index contributed by atoms with van der Waals surface area (Å²) in [6, 6.07) is 3.68. The Morgan fingerprint density at radius 1 is 1.44 bits per heavy atom. The van der Waals surface area contributed by atoms with Crippen LogP contribution in [0.3, 0.4) is 0 Å². The topological polar surface area (TPSA) is 20.2 Å². The van der Waals surface area contributed by atoms with Gasteiger partial charge in [-0.1, -0.05) is 28.1 Å². The van der Waals surface area contributed by atoms with Gasteiger partial charge >= 0.3 is 6.18 Å². The molecule has 1 N–H and O–H groups in total. The maximum atomic E-state index is 12.5. The van der Waals surface area contributed by atoms with Crippen molar-refractivity contribution in [2.24, 2.45) is 0 Å². The lowest BCUT2D eigenvalue weighted by Gasteiger charge is -2.13. The molecule has 0 aromatic heterocycles. The molecule has 16 heavy (non-hydrogen) atoms. The first-order valence-corrected chi connectivity index (χ1v) is 5.31. The minimum absolute atomic E-state index is 0.0328. The summed E-state index contributed by atoms with van der Waals surface area (Å²) < 4.78 is 37.6. The van der Waals surface area contributed by atoms with Crippen LogP contribution in [0.2, 0.25) is 0 Å². The smallest absolute Gasteiger partial charge is 0.388 e. The second kappa shape index (κ2) is 5.01. The maximum Gasteiger partial charge on any atom is 0.417 e. The van der Waals surface area contributed by atoms with Crippen molar-refractivity contribution < 1.29 is 18.3 Å². The number of benzene rings is 1. The average Bonchev–Trinajstić information content (AvgIpc) is 2.16. The summed E-state index contributed by atoms with van der Waals surface area (Å²) in [6.45, 7) is 3.42. The number of alkyl halides is 3. The lowest BCUT2D eigenvalue weighted by atomic mass is 10.0. The third-order valence-corrected chi connectivity index (χ3v) is 2.76. The fourth-order valence-corrected chi connectivity index (χ4v) is 1.73. The zero-order valence-corrected chi connectivity index (χ0v) is 9.85. The standard InChI is InChI=1S/C11H10BrF3O/c1-2-3-10(16)7-4-5-9(12)8(6-7)11(13,14)15/h2,4-6,10,16H,1,3H2. The van der Waals surface area contributed by atoms with Crippen LogP contribution in [0.5, 0.6) is 0 Å². The summed E-state index contributed by atoms with van der Waals surface area (Å²) in [5.41, 5.74) is -0.552. The van der Waals surface area contributed by atoms with Crippen molar-refractivity contribution in [1.29, 1.82) is 0 Å². The van der Waals surface area contributed by atoms with E-state index in [4.69, 9.17) is 0 Å². The fraction of sp³-hybridized carbons (Fsp3) is 0.273. The molecular weight excluding hydrogens is 285 g/mol. The van der Waals surface area contributed by atoms with E-state index in [1.165, 1.54) is 18.2 Å². The lowest BCUT2D eigenvalue weighted by Crippen LogP contribution is -2.08. The Kier molecular flexibility index (Phi) is 4.15. The first-order valence-electron chi connectivity index (χ1n) is 4.52. The molecule has 0 fully saturated rings. The highest BCUT2D eigenvalue weighted by atomic mass is 79.9. The number of aliphatic hydroxyl groups is 1. The molecule has 5 heteroatoms. The number of halogens is 4. The van der Waals surface area contributed by atoms with Gasteiger partial charge in [-0.2, -0.15) is 13.2 Å². The van der Waals surface area contributed by atoms with Crippen molar-refractivity contribution in [3.8, 4) is 0 Å². The van der Waals surface area contributed by atoms with Gasteiger partial charge in [0.15, 0.2) is 0 Å². The van der Waals surface area contributed by atoms with Gasteiger partial charge in [-0.25, -0.2) is 0 Å². The van der Waals surface area contributed by atoms with Gasteiger partial charge in [-0.3, -0.25) is 0 Å². The molecule has 1 aromatic rings. The van der Waals surface area contributed by atoms with Crippen LogP contribution in [0.4, 0.5) is 13.2 Å². The number of rotatable bonds is 3. The van der Waals surface area contributed by atoms with Crippen LogP contribution in [-0.2, 0) is 6.18 Å². The molecule has 0 spiro atoms. The van der Waals surface area contributed by atoms with E-state index >= 15 is 0 Å². The Balaban J connectivity index is 3.12. The van der Waals surface area contributed by atoms with Crippen molar-refractivity contribution in [2.45, 2.75) is 18.7 Å². The number of hydrogen-bond donors (Lipinski definition) is 1. The third-order valence-electron chi connectivity index (χ3n) is 2.07. The summed E-state index contributed by atoms with van der Waals surface area (Å²) in [6.07, 6.45) is -3.70. The molecule has 0 aliphatic heterocycles. The first-order chi connectivity index (χ1) is 7.36. The predicted octanol–water partition coefficient (Wildman–Crippen LogP) is 4.08. The van der Waals surface area contributed by atoms with E-state index in [0.29, 0.717) is 0 Å². The molecule has 0 saturated carbocycles. The summed E-state index contributed by atoms with van der Waals surface area (Å²) in [7, 11) is 0. The zero-order valence-electron chi connectivity index (χ0n) is 8.26. The van der Waals surface area contributed by atoms with Crippen molar-refractivity contribution in [1.82, 2.24) is 0 Å². The summed E-state index contributed by atoms with van der Waals surface area (Å²) >= 11 is 2.83. The lowest BCUT2D eigenvalue weighted by molar-refractivity contribution is -0.138. The highest BCUT2D eigenvalue weighted by Gasteiger charge is 2.33. The Bertz CT molecular complexity index is 387. The first kappa shape index (κ1) is 13.3. The van der Waals surface area contributed by atoms with Crippen molar-refractivity contribution in [3.63, 3.8) is 0 Å². The SMILES string of the molecule is C=CCC(O)c1ccc(Br)c(C(F)(F)F)c1. The van der Waals surface area contributed by atoms with Gasteiger partial charge < -0.3 is 5.11 Å². The Morgan fingerprint density at radius 3 is 2.56 bits per heavy atom. The third kappa shape index (κ3) is 3.09. The highest BCUT2D eigenvalue weighted by molar-refractivity contribution is 9.10. The van der Waals surface area contributed by atoms with E-state index in [1.54, 1.807) is 0 Å². The van der Waals surface area contributed by atoms with Gasteiger partial charge in [0.2, 0.25) is 0 Å². The van der Waals surface area contributed by atoms with Crippen LogP contribution in [0.25, 0.3) is 0 Å². The van der Waals surface area contributed by atoms with Crippen LogP contribution >= 0.6 is 15.9 Å². The molecule has 1 unspecified atom stereocenters. The average molecular weight is 295 g/mol. The van der Waals surface area contributed by atoms with Crippen LogP contribution in [0, 0.1) is 0 Å². The van der Waals surface area contributed by atoms with E-state index in [-0.39, 0.29) is 16.5 Å². The molecule has 0 saturated heterocycles. The van der Waals surface area contributed by atoms with Crippen molar-refractivity contribution in [3.05, 3.63) is 46.5 Å². The fourth-order valence-electron chi connectivity index (χ4n) is 1.26. The zero-order chi connectivity index (χ0) is 12.3. The Hall–Kier alpha value is -0.810. The largest absolute Gasteiger partial charge is 0.417 e. The van der Waals surface area contributed by atoms with Gasteiger partial charge in [0.25, 0.3) is 0 Å². The van der Waals surface area contributed by atoms with Gasteiger partial charge in [-0.05, 0) is 24.1 Å². The maximum absolute atomic E-state index is 12.5. The molecule has 0 radical (unpaired) electrons. The molecule has 1 aromatic carbocycles. The number of hydrogen-bond acceptors (Lipinski definition) is 1. The van der Waals surface area contributed by atoms with Crippen LogP contribution in [0.1, 0.15) is 23.7 Å². The molecule has 1 rings (SSSR count). The van der Waals surface area contributed by atoms with E-state index in [2.05, 4.69) is 22.5 Å². The van der Waals surface area contributed by atoms with Gasteiger partial charge in [0.1, 0.15) is 0 Å². The van der Waals surface area contributed by atoms with Crippen molar-refractivity contribution >= 4 is 15.9 Å². The molecule has 0 bridgehead atoms. The molecule has 0 heterocycles. The quantitative estimate of drug-likeness (QED) is 0.833. The molecule has 0 aliphatic carbocycles. The van der Waals surface area contributed by atoms with E-state index < -0.39 is 17.8 Å². The molecule has 88 valence electrons. The van der Waals surface area contributed by atoms with Crippen LogP contribution in [0.15, 0.2) is 35.3 Å². The monoisotopic (exact) mass is 294 g/mol. The normalized spacial score (nSPS) is 13.6. The van der Waals surface area contributed by atoms with E-state index in [0.717, 1.165) is 6.07 Å². The van der Waals surface area contributed by atoms with Gasteiger partial charge in [0.05, 0.1) is 11.7 Å². The Morgan fingerprint density at radius 2 is 2.06 bits per heavy atom. The van der Waals surface area contributed by atoms with Gasteiger partial charge in [-0.15, -0.1) is 6.58 Å². The molecule has 1 atom stereocenters. The van der Waals surface area contributed by atoms with Crippen LogP contribution in [-0.4, -0.2) is 5.11 Å². The number of aliphatic hydroxyl groups excluding tert-OH is 1. The second-order valence-corrected chi connectivity index (χ2v) is 4.13. The highest BCUT2D eigenvalue weighted by Crippen LogP contribution is 2.36. The minimum atomic E-state index is -4.43. The summed E-state index contributed by atoms with van der Waals surface area (Å²) in [5, 5.41) is 9.55. The molecule has 0 amide bonds. The molecular formula is C11H10BrF3O. The van der Waals surface area contributed by atoms with E-state index in [9.17, 15) is 18.3 Å². The second-order valence-electron chi connectivity index (χ2n) is 3.28. The van der Waals surface area contributed by atoms with Crippen LogP contribution < -0.4 is 0 Å². The molecule has 1 nitrogen and oxygen atoms in total. The summed E-state index contributed by atoms with van der Waals surface area (Å²) in [5.74, 6) is 0. The van der Waals surface area contributed by atoms with Crippen molar-refractivity contribution in [2.75, 3.05) is 0 Å². The Labute approximate surface area is 99.7 Å².